The van der Waals surface area contributed by atoms with Crippen molar-refractivity contribution >= 4 is 87.3 Å². The van der Waals surface area contributed by atoms with E-state index in [9.17, 15) is 14.4 Å². The van der Waals surface area contributed by atoms with Crippen molar-refractivity contribution < 1.29 is 19.1 Å². The first-order chi connectivity index (χ1) is 13.1. The van der Waals surface area contributed by atoms with E-state index in [0.717, 1.165) is 4.90 Å². The standard InChI is InChI=1S/C17H22Cl6N2O4/c1-8(16(18,19)20)5-11(24-10(3)26)15(28)25-12(6-9(2)17(21,22)23)13(29-4)7-14(25)27/h7-9,11-12H,5-6H2,1-4H3,(H,24,26)/t8?,9?,11-,12?/m1/s1. The molecule has 6 nitrogen and oxygen atoms in total. The number of rotatable bonds is 7. The number of alkyl halides is 6. The van der Waals surface area contributed by atoms with Gasteiger partial charge in [0.05, 0.1) is 13.2 Å². The van der Waals surface area contributed by atoms with Crippen LogP contribution in [0, 0.1) is 11.8 Å². The average molecular weight is 531 g/mol. The summed E-state index contributed by atoms with van der Waals surface area (Å²) in [6.07, 6.45) is 1.32. The zero-order chi connectivity index (χ0) is 22.7. The number of methoxy groups -OCH3 is 1. The van der Waals surface area contributed by atoms with Gasteiger partial charge >= 0.3 is 0 Å². The van der Waals surface area contributed by atoms with Gasteiger partial charge in [-0.1, -0.05) is 83.5 Å². The molecule has 0 radical (unpaired) electrons. The van der Waals surface area contributed by atoms with E-state index in [0.29, 0.717) is 0 Å². The maximum Gasteiger partial charge on any atom is 0.257 e. The van der Waals surface area contributed by atoms with Crippen LogP contribution in [-0.4, -0.2) is 49.4 Å². The third-order valence-electron chi connectivity index (χ3n) is 4.58. The largest absolute Gasteiger partial charge is 0.499 e. The number of nitrogens with one attached hydrogen (secondary N) is 1. The zero-order valence-electron chi connectivity index (χ0n) is 16.1. The molecule has 4 atom stereocenters. The fraction of sp³-hybridized carbons (Fsp3) is 0.706. The van der Waals surface area contributed by atoms with Crippen LogP contribution in [0.4, 0.5) is 0 Å². The van der Waals surface area contributed by atoms with Crippen molar-refractivity contribution in [3.63, 3.8) is 0 Å². The summed E-state index contributed by atoms with van der Waals surface area (Å²) < 4.78 is 1.98. The van der Waals surface area contributed by atoms with Crippen LogP contribution in [0.1, 0.15) is 33.6 Å². The normalized spacial score (nSPS) is 20.8. The summed E-state index contributed by atoms with van der Waals surface area (Å²) in [6.45, 7) is 4.53. The second kappa shape index (κ2) is 10.5. The molecule has 29 heavy (non-hydrogen) atoms. The number of carbonyl (C=O) groups excluding carboxylic acids is 3. The van der Waals surface area contributed by atoms with Crippen LogP contribution in [-0.2, 0) is 19.1 Å². The zero-order valence-corrected chi connectivity index (χ0v) is 20.7. The topological polar surface area (TPSA) is 75.7 Å². The molecule has 0 spiro atoms. The molecule has 0 aromatic heterocycles. The lowest BCUT2D eigenvalue weighted by atomic mass is 9.98. The first-order valence-corrected chi connectivity index (χ1v) is 10.9. The highest BCUT2D eigenvalue weighted by atomic mass is 35.6. The van der Waals surface area contributed by atoms with Crippen molar-refractivity contribution in [2.24, 2.45) is 11.8 Å². The average Bonchev–Trinajstić information content (AvgIpc) is 2.86. The number of halogens is 6. The molecular weight excluding hydrogens is 509 g/mol. The highest BCUT2D eigenvalue weighted by molar-refractivity contribution is 6.68. The van der Waals surface area contributed by atoms with Crippen molar-refractivity contribution in [1.82, 2.24) is 10.2 Å². The number of carbonyl (C=O) groups is 3. The lowest BCUT2D eigenvalue weighted by Crippen LogP contribution is -2.53. The minimum Gasteiger partial charge on any atom is -0.499 e. The Labute approximate surface area is 200 Å². The Balaban J connectivity index is 3.19. The van der Waals surface area contributed by atoms with Crippen LogP contribution >= 0.6 is 69.6 Å². The molecule has 0 saturated heterocycles. The lowest BCUT2D eigenvalue weighted by Gasteiger charge is -2.33. The molecule has 0 aromatic carbocycles. The molecule has 0 aromatic rings. The molecule has 1 aliphatic rings. The van der Waals surface area contributed by atoms with Crippen molar-refractivity contribution in [2.45, 2.75) is 53.3 Å². The van der Waals surface area contributed by atoms with Gasteiger partial charge in [-0.3, -0.25) is 19.3 Å². The van der Waals surface area contributed by atoms with E-state index in [-0.39, 0.29) is 18.6 Å². The minimum absolute atomic E-state index is 0.00621. The smallest absolute Gasteiger partial charge is 0.257 e. The molecular formula is C17H22Cl6N2O4. The van der Waals surface area contributed by atoms with Gasteiger partial charge in [0.25, 0.3) is 11.8 Å². The maximum absolute atomic E-state index is 13.2. The summed E-state index contributed by atoms with van der Waals surface area (Å²) in [5.74, 6) is -2.62. The summed E-state index contributed by atoms with van der Waals surface area (Å²) in [7, 11) is 1.37. The molecule has 0 saturated carbocycles. The SMILES string of the molecule is COC1=CC(=O)N(C(=O)[C@@H](CC(C)C(Cl)(Cl)Cl)NC(C)=O)C1CC(C)C(Cl)(Cl)Cl. The summed E-state index contributed by atoms with van der Waals surface area (Å²) >= 11 is 35.6. The number of imide groups is 1. The van der Waals surface area contributed by atoms with Gasteiger partial charge < -0.3 is 10.1 Å². The summed E-state index contributed by atoms with van der Waals surface area (Å²) in [5, 5.41) is 2.52. The van der Waals surface area contributed by atoms with E-state index in [4.69, 9.17) is 74.3 Å². The van der Waals surface area contributed by atoms with Crippen molar-refractivity contribution in [3.05, 3.63) is 11.8 Å². The summed E-state index contributed by atoms with van der Waals surface area (Å²) in [4.78, 5) is 38.4. The van der Waals surface area contributed by atoms with Gasteiger partial charge in [-0.05, 0) is 12.8 Å². The van der Waals surface area contributed by atoms with Crippen molar-refractivity contribution in [2.75, 3.05) is 7.11 Å². The minimum atomic E-state index is -1.66. The quantitative estimate of drug-likeness (QED) is 0.490. The molecule has 166 valence electrons. The molecule has 1 rings (SSSR count). The van der Waals surface area contributed by atoms with Gasteiger partial charge in [0, 0.05) is 24.8 Å². The Morgan fingerprint density at radius 2 is 1.66 bits per heavy atom. The first kappa shape index (κ1) is 26.9. The van der Waals surface area contributed by atoms with E-state index in [2.05, 4.69) is 5.32 Å². The van der Waals surface area contributed by atoms with Gasteiger partial charge in [0.1, 0.15) is 11.8 Å². The van der Waals surface area contributed by atoms with Crippen LogP contribution in [0.15, 0.2) is 11.8 Å². The Morgan fingerprint density at radius 3 is 2.07 bits per heavy atom. The van der Waals surface area contributed by atoms with Gasteiger partial charge in [-0.25, -0.2) is 0 Å². The molecule has 0 bridgehead atoms. The van der Waals surface area contributed by atoms with Crippen LogP contribution in [0.3, 0.4) is 0 Å². The Bertz CT molecular complexity index is 674. The molecule has 12 heteroatoms. The monoisotopic (exact) mass is 528 g/mol. The van der Waals surface area contributed by atoms with Gasteiger partial charge in [0.2, 0.25) is 5.91 Å². The number of hydrogen-bond donors (Lipinski definition) is 1. The highest BCUT2D eigenvalue weighted by Crippen LogP contribution is 2.41. The van der Waals surface area contributed by atoms with E-state index in [1.807, 2.05) is 0 Å². The van der Waals surface area contributed by atoms with Crippen LogP contribution in [0.5, 0.6) is 0 Å². The third kappa shape index (κ3) is 7.51. The lowest BCUT2D eigenvalue weighted by molar-refractivity contribution is -0.146. The van der Waals surface area contributed by atoms with Crippen LogP contribution in [0.2, 0.25) is 0 Å². The molecule has 1 N–H and O–H groups in total. The molecule has 1 heterocycles. The predicted octanol–water partition coefficient (Wildman–Crippen LogP) is 4.55. The second-order valence-electron chi connectivity index (χ2n) is 6.92. The van der Waals surface area contributed by atoms with Crippen molar-refractivity contribution in [3.8, 4) is 0 Å². The number of hydrogen-bond acceptors (Lipinski definition) is 4. The van der Waals surface area contributed by atoms with E-state index >= 15 is 0 Å². The maximum atomic E-state index is 13.2. The number of nitrogens with zero attached hydrogens (tertiary/aromatic N) is 1. The van der Waals surface area contributed by atoms with E-state index in [1.54, 1.807) is 13.8 Å². The van der Waals surface area contributed by atoms with E-state index in [1.165, 1.54) is 20.1 Å². The molecule has 3 amide bonds. The first-order valence-electron chi connectivity index (χ1n) is 8.62. The Hall–Kier alpha value is -0.110. The third-order valence-corrected chi connectivity index (χ3v) is 6.81. The molecule has 3 unspecified atom stereocenters. The second-order valence-corrected chi connectivity index (χ2v) is 11.7. The molecule has 1 aliphatic heterocycles. The van der Waals surface area contributed by atoms with Crippen molar-refractivity contribution in [1.29, 1.82) is 0 Å². The fourth-order valence-corrected chi connectivity index (χ4v) is 3.37. The Kier molecular flexibility index (Phi) is 9.72. The number of amides is 3. The molecule has 0 aliphatic carbocycles. The predicted molar refractivity (Wildman–Crippen MR) is 116 cm³/mol. The van der Waals surface area contributed by atoms with E-state index < -0.39 is 49.2 Å². The van der Waals surface area contributed by atoms with Gasteiger partial charge in [-0.2, -0.15) is 0 Å². The fourth-order valence-electron chi connectivity index (χ4n) is 2.84. The van der Waals surface area contributed by atoms with Crippen LogP contribution in [0.25, 0.3) is 0 Å². The highest BCUT2D eigenvalue weighted by Gasteiger charge is 2.45. The number of ether oxygens (including phenoxy) is 1. The van der Waals surface area contributed by atoms with Gasteiger partial charge in [-0.15, -0.1) is 0 Å². The van der Waals surface area contributed by atoms with Crippen LogP contribution < -0.4 is 5.32 Å². The van der Waals surface area contributed by atoms with Gasteiger partial charge in [0.15, 0.2) is 7.59 Å². The molecule has 0 fully saturated rings. The summed E-state index contributed by atoms with van der Waals surface area (Å²) in [5.41, 5.74) is 0. The Morgan fingerprint density at radius 1 is 1.14 bits per heavy atom. The summed E-state index contributed by atoms with van der Waals surface area (Å²) in [6, 6.07) is -1.90.